The number of anilines is 1. The minimum atomic E-state index is -0.866. The van der Waals surface area contributed by atoms with Gasteiger partial charge < -0.3 is 11.1 Å². The molecule has 4 nitrogen and oxygen atoms in total. The molecule has 0 atom stereocenters. The molecule has 110 valence electrons. The van der Waals surface area contributed by atoms with E-state index in [1.807, 2.05) is 13.8 Å². The zero-order chi connectivity index (χ0) is 15.2. The van der Waals surface area contributed by atoms with Crippen LogP contribution in [0.15, 0.2) is 18.3 Å². The summed E-state index contributed by atoms with van der Waals surface area (Å²) in [5, 5.41) is 2.68. The lowest BCUT2D eigenvalue weighted by molar-refractivity contribution is -0.122. The molecule has 1 heterocycles. The number of hydrogen-bond donors (Lipinski definition) is 2. The maximum absolute atomic E-state index is 12.8. The molecule has 0 saturated heterocycles. The number of carbonyl (C=O) groups is 1. The molecule has 1 aromatic heterocycles. The van der Waals surface area contributed by atoms with Crippen molar-refractivity contribution >= 4 is 28.9 Å². The Labute approximate surface area is 124 Å². The second kappa shape index (κ2) is 7.28. The van der Waals surface area contributed by atoms with Crippen molar-refractivity contribution in [2.75, 3.05) is 5.32 Å². The minimum absolute atomic E-state index is 0.195. The number of nitrogens with one attached hydrogen (secondary N) is 1. The minimum Gasteiger partial charge on any atom is -0.392 e. The van der Waals surface area contributed by atoms with E-state index in [9.17, 15) is 9.18 Å². The summed E-state index contributed by atoms with van der Waals surface area (Å²) in [6.07, 6.45) is 3.81. The van der Waals surface area contributed by atoms with Crippen LogP contribution in [0.25, 0.3) is 0 Å². The van der Waals surface area contributed by atoms with Gasteiger partial charge in [0.05, 0.1) is 16.6 Å². The zero-order valence-corrected chi connectivity index (χ0v) is 12.6. The number of nitrogens with two attached hydrogens (primary N) is 1. The highest BCUT2D eigenvalue weighted by Crippen LogP contribution is 2.32. The van der Waals surface area contributed by atoms with Crippen LogP contribution in [0.2, 0.25) is 0 Å². The number of hydrogen-bond acceptors (Lipinski definition) is 3. The van der Waals surface area contributed by atoms with E-state index in [0.29, 0.717) is 18.7 Å². The molecule has 1 rings (SSSR count). The highest BCUT2D eigenvalue weighted by atomic mass is 32.1. The zero-order valence-electron chi connectivity index (χ0n) is 11.8. The van der Waals surface area contributed by atoms with Gasteiger partial charge in [-0.1, -0.05) is 38.9 Å². The lowest BCUT2D eigenvalue weighted by atomic mass is 9.78. The third-order valence-corrected chi connectivity index (χ3v) is 3.62. The fourth-order valence-corrected chi connectivity index (χ4v) is 2.55. The molecule has 0 fully saturated rings. The van der Waals surface area contributed by atoms with Crippen molar-refractivity contribution in [1.82, 2.24) is 4.98 Å². The van der Waals surface area contributed by atoms with Gasteiger partial charge >= 0.3 is 0 Å². The molecule has 1 aromatic rings. The molecule has 0 aliphatic rings. The smallest absolute Gasteiger partial charge is 0.238 e. The van der Waals surface area contributed by atoms with E-state index in [-0.39, 0.29) is 10.9 Å². The summed E-state index contributed by atoms with van der Waals surface area (Å²) >= 11 is 5.11. The number of pyridine rings is 1. The first-order valence-corrected chi connectivity index (χ1v) is 7.10. The van der Waals surface area contributed by atoms with Crippen molar-refractivity contribution < 1.29 is 9.18 Å². The number of thiocarbonyl (C=S) groups is 1. The summed E-state index contributed by atoms with van der Waals surface area (Å²) in [6.45, 7) is 3.96. The fraction of sp³-hybridized carbons (Fsp3) is 0.500. The summed E-state index contributed by atoms with van der Waals surface area (Å²) in [5.74, 6) is -0.428. The van der Waals surface area contributed by atoms with E-state index in [2.05, 4.69) is 10.3 Å². The Kier molecular flexibility index (Phi) is 6.01. The van der Waals surface area contributed by atoms with E-state index in [0.717, 1.165) is 19.0 Å². The van der Waals surface area contributed by atoms with Gasteiger partial charge in [-0.2, -0.15) is 0 Å². The van der Waals surface area contributed by atoms with Crippen molar-refractivity contribution in [1.29, 1.82) is 0 Å². The van der Waals surface area contributed by atoms with Crippen LogP contribution in [0.4, 0.5) is 10.2 Å². The number of nitrogens with zero attached hydrogens (tertiary/aromatic N) is 1. The lowest BCUT2D eigenvalue weighted by Gasteiger charge is -2.30. The van der Waals surface area contributed by atoms with Gasteiger partial charge in [-0.15, -0.1) is 0 Å². The number of carbonyl (C=O) groups excluding carboxylic acids is 1. The maximum atomic E-state index is 12.8. The second-order valence-corrected chi connectivity index (χ2v) is 5.20. The van der Waals surface area contributed by atoms with Crippen LogP contribution in [-0.4, -0.2) is 15.9 Å². The Hall–Kier alpha value is -1.56. The average Bonchev–Trinajstić information content (AvgIpc) is 2.40. The standard InChI is InChI=1S/C14H20FN3OS/c1-3-7-14(8-4-2,12(16)20)13(19)18-11-6-5-10(15)9-17-11/h5-6,9H,3-4,7-8H2,1-2H3,(H2,16,20)(H,17,18,19). The molecule has 0 aromatic carbocycles. The van der Waals surface area contributed by atoms with Crippen LogP contribution in [0.1, 0.15) is 39.5 Å². The average molecular weight is 297 g/mol. The van der Waals surface area contributed by atoms with Gasteiger partial charge in [-0.05, 0) is 25.0 Å². The molecule has 1 amide bonds. The number of rotatable bonds is 7. The number of halogens is 1. The molecular formula is C14H20FN3OS. The maximum Gasteiger partial charge on any atom is 0.238 e. The lowest BCUT2D eigenvalue weighted by Crippen LogP contribution is -2.46. The summed E-state index contributed by atoms with van der Waals surface area (Å²) in [5.41, 5.74) is 4.95. The SMILES string of the molecule is CCCC(CCC)(C(=O)Nc1ccc(F)cn1)C(N)=S. The van der Waals surface area contributed by atoms with Crippen LogP contribution >= 0.6 is 12.2 Å². The molecule has 0 bridgehead atoms. The molecule has 0 aliphatic carbocycles. The van der Waals surface area contributed by atoms with Gasteiger partial charge in [-0.3, -0.25) is 4.79 Å². The highest BCUT2D eigenvalue weighted by Gasteiger charge is 2.39. The molecule has 20 heavy (non-hydrogen) atoms. The first kappa shape index (κ1) is 16.5. The molecule has 0 saturated carbocycles. The van der Waals surface area contributed by atoms with E-state index < -0.39 is 11.2 Å². The first-order chi connectivity index (χ1) is 9.46. The summed E-state index contributed by atoms with van der Waals surface area (Å²) < 4.78 is 12.8. The van der Waals surface area contributed by atoms with Crippen molar-refractivity contribution in [3.63, 3.8) is 0 Å². The molecular weight excluding hydrogens is 277 g/mol. The van der Waals surface area contributed by atoms with Gasteiger partial charge in [0.2, 0.25) is 5.91 Å². The van der Waals surface area contributed by atoms with E-state index in [4.69, 9.17) is 18.0 Å². The Balaban J connectivity index is 2.98. The fourth-order valence-electron chi connectivity index (χ4n) is 2.25. The molecule has 6 heteroatoms. The molecule has 0 spiro atoms. The third-order valence-electron chi connectivity index (χ3n) is 3.23. The van der Waals surface area contributed by atoms with Crippen LogP contribution in [-0.2, 0) is 4.79 Å². The number of aromatic nitrogens is 1. The van der Waals surface area contributed by atoms with Gasteiger partial charge in [0.1, 0.15) is 11.6 Å². The van der Waals surface area contributed by atoms with Crippen molar-refractivity contribution in [3.8, 4) is 0 Å². The number of amides is 1. The quantitative estimate of drug-likeness (QED) is 0.759. The topological polar surface area (TPSA) is 68.0 Å². The molecule has 0 aliphatic heterocycles. The molecule has 3 N–H and O–H groups in total. The predicted octanol–water partition coefficient (Wildman–Crippen LogP) is 3.03. The van der Waals surface area contributed by atoms with Crippen molar-refractivity contribution in [2.45, 2.75) is 39.5 Å². The van der Waals surface area contributed by atoms with Gasteiger partial charge in [0, 0.05) is 0 Å². The Bertz CT molecular complexity index is 470. The Morgan fingerprint density at radius 3 is 2.40 bits per heavy atom. The van der Waals surface area contributed by atoms with Gasteiger partial charge in [0.15, 0.2) is 0 Å². The van der Waals surface area contributed by atoms with E-state index in [1.54, 1.807) is 0 Å². The summed E-state index contributed by atoms with van der Waals surface area (Å²) in [6, 6.07) is 2.65. The van der Waals surface area contributed by atoms with Crippen molar-refractivity contribution in [3.05, 3.63) is 24.1 Å². The Morgan fingerprint density at radius 2 is 2.00 bits per heavy atom. The normalized spacial score (nSPS) is 11.2. The summed E-state index contributed by atoms with van der Waals surface area (Å²) in [7, 11) is 0. The highest BCUT2D eigenvalue weighted by molar-refractivity contribution is 7.80. The van der Waals surface area contributed by atoms with Crippen LogP contribution in [0.3, 0.4) is 0 Å². The summed E-state index contributed by atoms with van der Waals surface area (Å²) in [4.78, 5) is 16.5. The molecule has 0 unspecified atom stereocenters. The van der Waals surface area contributed by atoms with Crippen molar-refractivity contribution in [2.24, 2.45) is 11.1 Å². The van der Waals surface area contributed by atoms with Crippen LogP contribution in [0, 0.1) is 11.2 Å². The molecule has 0 radical (unpaired) electrons. The predicted molar refractivity (Wildman–Crippen MR) is 81.9 cm³/mol. The van der Waals surface area contributed by atoms with Crippen LogP contribution in [0.5, 0.6) is 0 Å². The second-order valence-electron chi connectivity index (χ2n) is 4.76. The van der Waals surface area contributed by atoms with E-state index >= 15 is 0 Å². The Morgan fingerprint density at radius 1 is 1.40 bits per heavy atom. The van der Waals surface area contributed by atoms with Gasteiger partial charge in [0.25, 0.3) is 0 Å². The van der Waals surface area contributed by atoms with Crippen LogP contribution < -0.4 is 11.1 Å². The monoisotopic (exact) mass is 297 g/mol. The van der Waals surface area contributed by atoms with E-state index in [1.165, 1.54) is 12.1 Å². The first-order valence-electron chi connectivity index (χ1n) is 6.69. The largest absolute Gasteiger partial charge is 0.392 e. The van der Waals surface area contributed by atoms with Gasteiger partial charge in [-0.25, -0.2) is 9.37 Å². The third kappa shape index (κ3) is 3.72.